The summed E-state index contributed by atoms with van der Waals surface area (Å²) in [6, 6.07) is 9.67. The Kier molecular flexibility index (Phi) is 5.50. The van der Waals surface area contributed by atoms with E-state index >= 15 is 0 Å². The minimum Gasteiger partial charge on any atom is -0.364 e. The molecule has 1 heterocycles. The lowest BCUT2D eigenvalue weighted by Crippen LogP contribution is -2.38. The summed E-state index contributed by atoms with van der Waals surface area (Å²) in [5.74, 6) is 0. The molecule has 0 bridgehead atoms. The van der Waals surface area contributed by atoms with Gasteiger partial charge in [-0.3, -0.25) is 0 Å². The Morgan fingerprint density at radius 1 is 1.18 bits per heavy atom. The first kappa shape index (κ1) is 16.9. The van der Waals surface area contributed by atoms with E-state index in [0.717, 1.165) is 13.0 Å². The van der Waals surface area contributed by atoms with Gasteiger partial charge in [0.2, 0.25) is 0 Å². The van der Waals surface area contributed by atoms with Gasteiger partial charge >= 0.3 is 0 Å². The maximum Gasteiger partial charge on any atom is 0.0597 e. The third-order valence-electron chi connectivity index (χ3n) is 4.57. The Morgan fingerprint density at radius 3 is 2.41 bits per heavy atom. The molecule has 2 rings (SSSR count). The van der Waals surface area contributed by atoms with Crippen molar-refractivity contribution in [2.45, 2.75) is 64.8 Å². The molecule has 1 atom stereocenters. The first-order valence-corrected chi connectivity index (χ1v) is 8.63. The van der Waals surface area contributed by atoms with Gasteiger partial charge in [-0.05, 0) is 23.0 Å². The maximum atomic E-state index is 4.18. The lowest BCUT2D eigenvalue weighted by atomic mass is 9.84. The quantitative estimate of drug-likeness (QED) is 0.460. The summed E-state index contributed by atoms with van der Waals surface area (Å²) in [6.45, 7) is 14.2. The number of hydrogen-bond donors (Lipinski definition) is 0. The van der Waals surface area contributed by atoms with Crippen molar-refractivity contribution in [1.29, 1.82) is 0 Å². The van der Waals surface area contributed by atoms with E-state index in [9.17, 15) is 0 Å². The summed E-state index contributed by atoms with van der Waals surface area (Å²) in [5, 5.41) is 0. The smallest absolute Gasteiger partial charge is 0.0597 e. The summed E-state index contributed by atoms with van der Waals surface area (Å²) in [7, 11) is 0. The van der Waals surface area contributed by atoms with Crippen molar-refractivity contribution < 1.29 is 0 Å². The Balaban J connectivity index is 1.97. The molecule has 0 amide bonds. The molecular formula is C21H31N. The van der Waals surface area contributed by atoms with Crippen molar-refractivity contribution in [2.75, 3.05) is 6.54 Å². The highest BCUT2D eigenvalue weighted by Crippen LogP contribution is 2.40. The molecule has 0 spiro atoms. The molecule has 1 heteroatoms. The van der Waals surface area contributed by atoms with Gasteiger partial charge in [-0.15, -0.1) is 0 Å². The average molecular weight is 297 g/mol. The minimum absolute atomic E-state index is 0.226. The van der Waals surface area contributed by atoms with Crippen molar-refractivity contribution >= 4 is 0 Å². The third kappa shape index (κ3) is 4.03. The number of likely N-dealkylation sites (tertiary alicyclic amines) is 1. The van der Waals surface area contributed by atoms with Gasteiger partial charge in [0, 0.05) is 18.7 Å². The molecule has 0 saturated carbocycles. The standard InChI is InChI=1S/C21H31N/c1-6-7-8-9-10-15-22-17(2)16-20(22)18-11-13-19(14-12-18)21(3,4)5/h9-14,20H,2,6-8,15-16H2,1,3-5H3/b10-9-. The van der Waals surface area contributed by atoms with E-state index in [4.69, 9.17) is 0 Å². The molecule has 1 nitrogen and oxygen atoms in total. The molecule has 0 aromatic heterocycles. The minimum atomic E-state index is 0.226. The molecule has 1 aliphatic heterocycles. The summed E-state index contributed by atoms with van der Waals surface area (Å²) < 4.78 is 0. The van der Waals surface area contributed by atoms with Gasteiger partial charge < -0.3 is 4.90 Å². The first-order valence-electron chi connectivity index (χ1n) is 8.63. The number of rotatable bonds is 6. The molecule has 1 aromatic carbocycles. The predicted molar refractivity (Wildman–Crippen MR) is 97.0 cm³/mol. The van der Waals surface area contributed by atoms with Crippen LogP contribution in [-0.2, 0) is 5.41 Å². The second kappa shape index (κ2) is 7.17. The van der Waals surface area contributed by atoms with E-state index in [1.54, 1.807) is 0 Å². The zero-order valence-electron chi connectivity index (χ0n) is 14.7. The van der Waals surface area contributed by atoms with E-state index in [1.807, 2.05) is 0 Å². The van der Waals surface area contributed by atoms with E-state index in [2.05, 4.69) is 75.6 Å². The van der Waals surface area contributed by atoms with Crippen LogP contribution in [0.1, 0.15) is 70.5 Å². The van der Waals surface area contributed by atoms with E-state index in [0.29, 0.717) is 6.04 Å². The SMILES string of the molecule is C=C1CC(c2ccc(C(C)(C)C)cc2)N1C/C=C\CCCC. The van der Waals surface area contributed by atoms with Crippen molar-refractivity contribution in [1.82, 2.24) is 4.90 Å². The normalized spacial score (nSPS) is 18.8. The fraction of sp³-hybridized carbons (Fsp3) is 0.524. The van der Waals surface area contributed by atoms with Crippen LogP contribution < -0.4 is 0 Å². The fourth-order valence-electron chi connectivity index (χ4n) is 2.95. The van der Waals surface area contributed by atoms with Gasteiger partial charge in [-0.1, -0.05) is 83.5 Å². The molecular weight excluding hydrogens is 266 g/mol. The van der Waals surface area contributed by atoms with Crippen molar-refractivity contribution in [3.63, 3.8) is 0 Å². The van der Waals surface area contributed by atoms with Crippen LogP contribution in [0.5, 0.6) is 0 Å². The highest BCUT2D eigenvalue weighted by atomic mass is 15.2. The molecule has 1 unspecified atom stereocenters. The van der Waals surface area contributed by atoms with Gasteiger partial charge in [0.05, 0.1) is 6.04 Å². The third-order valence-corrected chi connectivity index (χ3v) is 4.57. The molecule has 1 aliphatic rings. The van der Waals surface area contributed by atoms with Crippen molar-refractivity contribution in [3.8, 4) is 0 Å². The summed E-state index contributed by atoms with van der Waals surface area (Å²) in [6.07, 6.45) is 9.46. The van der Waals surface area contributed by atoms with Gasteiger partial charge in [0.1, 0.15) is 0 Å². The zero-order valence-corrected chi connectivity index (χ0v) is 14.7. The van der Waals surface area contributed by atoms with E-state index in [-0.39, 0.29) is 5.41 Å². The first-order chi connectivity index (χ1) is 10.4. The summed E-state index contributed by atoms with van der Waals surface area (Å²) in [4.78, 5) is 2.43. The Morgan fingerprint density at radius 2 is 1.86 bits per heavy atom. The van der Waals surface area contributed by atoms with Gasteiger partial charge in [-0.25, -0.2) is 0 Å². The highest BCUT2D eigenvalue weighted by molar-refractivity contribution is 5.33. The summed E-state index contributed by atoms with van der Waals surface area (Å²) in [5.41, 5.74) is 4.32. The van der Waals surface area contributed by atoms with Crippen molar-refractivity contribution in [2.24, 2.45) is 0 Å². The van der Waals surface area contributed by atoms with Crippen LogP contribution in [0, 0.1) is 0 Å². The lowest BCUT2D eigenvalue weighted by molar-refractivity contribution is 0.178. The molecule has 22 heavy (non-hydrogen) atoms. The lowest BCUT2D eigenvalue weighted by Gasteiger charge is -2.45. The molecule has 1 fully saturated rings. The van der Waals surface area contributed by atoms with Crippen LogP contribution in [-0.4, -0.2) is 11.4 Å². The van der Waals surface area contributed by atoms with E-state index in [1.165, 1.54) is 36.1 Å². The number of allylic oxidation sites excluding steroid dienone is 1. The Labute approximate surface area is 136 Å². The molecule has 0 N–H and O–H groups in total. The Hall–Kier alpha value is -1.50. The van der Waals surface area contributed by atoms with E-state index < -0.39 is 0 Å². The topological polar surface area (TPSA) is 3.24 Å². The largest absolute Gasteiger partial charge is 0.364 e. The second-order valence-corrected chi connectivity index (χ2v) is 7.42. The monoisotopic (exact) mass is 297 g/mol. The average Bonchev–Trinajstić information content (AvgIpc) is 2.47. The molecule has 1 saturated heterocycles. The van der Waals surface area contributed by atoms with Crippen LogP contribution in [0.2, 0.25) is 0 Å². The molecule has 0 radical (unpaired) electrons. The van der Waals surface area contributed by atoms with Crippen LogP contribution in [0.4, 0.5) is 0 Å². The second-order valence-electron chi connectivity index (χ2n) is 7.42. The molecule has 0 aliphatic carbocycles. The number of hydrogen-bond acceptors (Lipinski definition) is 1. The van der Waals surface area contributed by atoms with Crippen LogP contribution in [0.3, 0.4) is 0 Å². The molecule has 120 valence electrons. The molecule has 1 aromatic rings. The van der Waals surface area contributed by atoms with Crippen LogP contribution in [0.15, 0.2) is 48.7 Å². The van der Waals surface area contributed by atoms with Gasteiger partial charge in [-0.2, -0.15) is 0 Å². The maximum absolute atomic E-state index is 4.18. The number of nitrogens with zero attached hydrogens (tertiary/aromatic N) is 1. The van der Waals surface area contributed by atoms with Gasteiger partial charge in [0.15, 0.2) is 0 Å². The zero-order chi connectivity index (χ0) is 16.2. The summed E-state index contributed by atoms with van der Waals surface area (Å²) >= 11 is 0. The number of benzene rings is 1. The van der Waals surface area contributed by atoms with Gasteiger partial charge in [0.25, 0.3) is 0 Å². The van der Waals surface area contributed by atoms with Crippen LogP contribution in [0.25, 0.3) is 0 Å². The number of unbranched alkanes of at least 4 members (excludes halogenated alkanes) is 2. The fourth-order valence-corrected chi connectivity index (χ4v) is 2.95. The predicted octanol–water partition coefficient (Wildman–Crippen LogP) is 5.99. The van der Waals surface area contributed by atoms with Crippen LogP contribution >= 0.6 is 0 Å². The highest BCUT2D eigenvalue weighted by Gasteiger charge is 2.31. The van der Waals surface area contributed by atoms with Crippen molar-refractivity contribution in [3.05, 3.63) is 59.8 Å². The Bertz CT molecular complexity index is 516.